The molecule has 2 heterocycles. The Bertz CT molecular complexity index is 3350. The van der Waals surface area contributed by atoms with E-state index >= 15 is 0 Å². The summed E-state index contributed by atoms with van der Waals surface area (Å²) in [6, 6.07) is 31.7. The molecule has 0 spiro atoms. The lowest BCUT2D eigenvalue weighted by Gasteiger charge is -2.13. The number of nitrogens with zero attached hydrogens (tertiary/aromatic N) is 8. The molecule has 14 heteroatoms. The molecule has 4 aliphatic carbocycles. The maximum absolute atomic E-state index is 10.2. The van der Waals surface area contributed by atoms with E-state index in [9.17, 15) is 21.0 Å². The molecule has 0 amide bonds. The van der Waals surface area contributed by atoms with Crippen molar-refractivity contribution in [1.29, 1.82) is 21.0 Å². The second-order valence-corrected chi connectivity index (χ2v) is 20.8. The topological polar surface area (TPSA) is 113 Å². The van der Waals surface area contributed by atoms with E-state index < -0.39 is 0 Å². The maximum Gasteiger partial charge on any atom is 0.270 e. The van der Waals surface area contributed by atoms with Crippen LogP contribution in [0.2, 0.25) is 0 Å². The summed E-state index contributed by atoms with van der Waals surface area (Å²) in [6.07, 6.45) is 12.1. The third-order valence-corrected chi connectivity index (χ3v) is 18.3. The van der Waals surface area contributed by atoms with Crippen molar-refractivity contribution < 1.29 is 0 Å². The Hall–Kier alpha value is -7.70. The number of hydrogen-bond donors (Lipinski definition) is 0. The predicted molar refractivity (Wildman–Crippen MR) is 285 cm³/mol. The van der Waals surface area contributed by atoms with E-state index in [4.69, 9.17) is 26.3 Å². The normalized spacial score (nSPS) is 16.1. The molecular weight excluding hydrogens is 953 g/mol. The van der Waals surface area contributed by atoms with Gasteiger partial charge in [-0.25, -0.2) is 40.4 Å². The molecule has 68 heavy (non-hydrogen) atoms. The van der Waals surface area contributed by atoms with Gasteiger partial charge in [0.2, 0.25) is 0 Å². The molecule has 9 rings (SSSR count). The summed E-state index contributed by atoms with van der Waals surface area (Å²) in [5, 5.41) is 40.7. The molecular formula is C54H26N8S6. The molecule has 0 bridgehead atoms. The molecule has 0 unspecified atom stereocenters. The van der Waals surface area contributed by atoms with E-state index in [0.717, 1.165) is 72.5 Å². The Morgan fingerprint density at radius 2 is 0.721 bits per heavy atom. The lowest BCUT2D eigenvalue weighted by Crippen LogP contribution is -1.90. The van der Waals surface area contributed by atoms with Gasteiger partial charge in [-0.3, -0.25) is 0 Å². The first-order valence-corrected chi connectivity index (χ1v) is 26.6. The van der Waals surface area contributed by atoms with Crippen molar-refractivity contribution in [1.82, 2.24) is 0 Å². The smallest absolute Gasteiger partial charge is 0.226 e. The van der Waals surface area contributed by atoms with Crippen molar-refractivity contribution >= 4 is 115 Å². The fourth-order valence-electron chi connectivity index (χ4n) is 9.24. The standard InChI is InChI=1S/C54H26N8S6/c1-59-41(23-55)45-29-13-9-10-14-30(29)46(42(24-56)60-2)37(45)17-27-19-39-49(53(63-5)64-6)33-22-36-34(21-35(33)51(39)67-27)50(54(65-7)66-8)40-20-28(68-52(36)40)18-38-47(43(25-57)61-3)31-15-11-12-16-32(31)48(38)44(26-58)62-4/h9-22H,5-8H3/b45-41-,46-42-,47-43+,48-44+. The molecule has 318 valence electrons. The molecule has 0 N–H and O–H groups in total. The van der Waals surface area contributed by atoms with Crippen LogP contribution < -0.4 is 0 Å². The van der Waals surface area contributed by atoms with Gasteiger partial charge in [0.1, 0.15) is 0 Å². The van der Waals surface area contributed by atoms with Gasteiger partial charge in [-0.1, -0.05) is 48.5 Å². The van der Waals surface area contributed by atoms with Crippen LogP contribution in [-0.2, 0) is 0 Å². The van der Waals surface area contributed by atoms with Crippen molar-refractivity contribution in [3.05, 3.63) is 215 Å². The molecule has 0 atom stereocenters. The quantitative estimate of drug-likeness (QED) is 0.120. The number of hydrogen-bond acceptors (Lipinski definition) is 10. The fourth-order valence-corrected chi connectivity index (χ4v) is 14.5. The zero-order chi connectivity index (χ0) is 48.0. The first kappa shape index (κ1) is 45.5. The highest BCUT2D eigenvalue weighted by atomic mass is 32.2. The first-order valence-electron chi connectivity index (χ1n) is 20.1. The zero-order valence-corrected chi connectivity index (χ0v) is 41.0. The van der Waals surface area contributed by atoms with Crippen LogP contribution in [0.1, 0.15) is 54.3 Å². The minimum atomic E-state index is -0.115. The van der Waals surface area contributed by atoms with Gasteiger partial charge in [0, 0.05) is 83.7 Å². The highest BCUT2D eigenvalue weighted by molar-refractivity contribution is 8.22. The van der Waals surface area contributed by atoms with E-state index in [1.807, 2.05) is 60.7 Å². The SMILES string of the molecule is [C-]#[N+]/C(C#N)=C1/C(=Cc2cc3c(s2)-c2cc4c(cc2C3=C(SC)SC)-c2sc(C=C3/C(=C(/C#N)[N+]#[C-])c5ccccc5/C3=C(\C#N)[N+]#[C-])cc2C4=C(SC)SC)/C(=C(\C#N)[N+]#[C-])c2ccccc21. The van der Waals surface area contributed by atoms with Gasteiger partial charge in [0.15, 0.2) is 0 Å². The number of thioether (sulfide) groups is 4. The van der Waals surface area contributed by atoms with Gasteiger partial charge in [0.25, 0.3) is 22.8 Å². The van der Waals surface area contributed by atoms with Gasteiger partial charge >= 0.3 is 0 Å². The van der Waals surface area contributed by atoms with E-state index in [-0.39, 0.29) is 22.8 Å². The van der Waals surface area contributed by atoms with E-state index in [1.54, 1.807) is 69.7 Å². The molecule has 2 aromatic heterocycles. The van der Waals surface area contributed by atoms with Gasteiger partial charge in [-0.2, -0.15) is 0 Å². The van der Waals surface area contributed by atoms with E-state index in [2.05, 4.69) is 92.9 Å². The van der Waals surface area contributed by atoms with Crippen LogP contribution in [-0.4, -0.2) is 25.0 Å². The zero-order valence-electron chi connectivity index (χ0n) is 36.1. The van der Waals surface area contributed by atoms with E-state index in [0.29, 0.717) is 55.7 Å². The van der Waals surface area contributed by atoms with Crippen molar-refractivity contribution in [2.45, 2.75) is 0 Å². The van der Waals surface area contributed by atoms with Crippen LogP contribution in [0.5, 0.6) is 0 Å². The molecule has 0 saturated heterocycles. The number of fused-ring (bicyclic) bond motifs is 8. The Morgan fingerprint density at radius 1 is 0.426 bits per heavy atom. The average molecular weight is 979 g/mol. The molecule has 8 nitrogen and oxygen atoms in total. The Balaban J connectivity index is 1.27. The monoisotopic (exact) mass is 978 g/mol. The van der Waals surface area contributed by atoms with Crippen LogP contribution in [0.4, 0.5) is 0 Å². The van der Waals surface area contributed by atoms with Crippen molar-refractivity contribution in [3.63, 3.8) is 0 Å². The van der Waals surface area contributed by atoms with Gasteiger partial charge in [-0.05, 0) is 106 Å². The predicted octanol–water partition coefficient (Wildman–Crippen LogP) is 15.5. The number of benzene rings is 3. The van der Waals surface area contributed by atoms with E-state index in [1.165, 1.54) is 0 Å². The third kappa shape index (κ3) is 6.92. The van der Waals surface area contributed by atoms with Crippen LogP contribution in [0.15, 0.2) is 115 Å². The third-order valence-electron chi connectivity index (χ3n) is 11.8. The second-order valence-electron chi connectivity index (χ2n) is 14.9. The average Bonchev–Trinajstić information content (AvgIpc) is 4.21. The largest absolute Gasteiger partial charge is 0.270 e. The summed E-state index contributed by atoms with van der Waals surface area (Å²) >= 11 is 9.85. The van der Waals surface area contributed by atoms with Gasteiger partial charge in [-0.15, -0.1) is 69.7 Å². The summed E-state index contributed by atoms with van der Waals surface area (Å²) in [6.45, 7) is 31.7. The van der Waals surface area contributed by atoms with Crippen molar-refractivity contribution in [3.8, 4) is 45.2 Å². The van der Waals surface area contributed by atoms with Crippen molar-refractivity contribution in [2.24, 2.45) is 0 Å². The summed E-state index contributed by atoms with van der Waals surface area (Å²) in [7, 11) is 0. The van der Waals surface area contributed by atoms with Gasteiger partial charge in [0.05, 0.1) is 50.6 Å². The Kier molecular flexibility index (Phi) is 12.4. The minimum absolute atomic E-state index is 0.115. The number of nitriles is 4. The lowest BCUT2D eigenvalue weighted by molar-refractivity contribution is 1.49. The lowest BCUT2D eigenvalue weighted by atomic mass is 9.97. The number of thiophene rings is 2. The van der Waals surface area contributed by atoms with Crippen LogP contribution in [0.25, 0.3) is 85.9 Å². The fraction of sp³-hybridized carbons (Fsp3) is 0.0741. The summed E-state index contributed by atoms with van der Waals surface area (Å²) in [4.78, 5) is 18.2. The number of allylic oxidation sites excluding steroid dienone is 10. The molecule has 0 fully saturated rings. The molecule has 4 aliphatic rings. The number of rotatable bonds is 6. The molecule has 3 aromatic carbocycles. The molecule has 0 saturated carbocycles. The van der Waals surface area contributed by atoms with Crippen LogP contribution >= 0.6 is 69.7 Å². The van der Waals surface area contributed by atoms with Gasteiger partial charge < -0.3 is 0 Å². The highest BCUT2D eigenvalue weighted by Gasteiger charge is 2.38. The summed E-state index contributed by atoms with van der Waals surface area (Å²) < 4.78 is 2.24. The molecule has 5 aromatic rings. The molecule has 0 radical (unpaired) electrons. The Labute approximate surface area is 418 Å². The van der Waals surface area contributed by atoms with Crippen LogP contribution in [0, 0.1) is 71.6 Å². The highest BCUT2D eigenvalue weighted by Crippen LogP contribution is 2.60. The first-order chi connectivity index (χ1) is 33.2. The summed E-state index contributed by atoms with van der Waals surface area (Å²) in [5.41, 5.74) is 13.2. The summed E-state index contributed by atoms with van der Waals surface area (Å²) in [5.74, 6) is 0. The van der Waals surface area contributed by atoms with Crippen LogP contribution in [0.3, 0.4) is 0 Å². The second kappa shape index (κ2) is 18.5. The molecule has 0 aliphatic heterocycles. The van der Waals surface area contributed by atoms with Crippen molar-refractivity contribution in [2.75, 3.05) is 25.0 Å². The minimum Gasteiger partial charge on any atom is -0.226 e. The maximum atomic E-state index is 10.2. The Morgan fingerprint density at radius 3 is 0.971 bits per heavy atom.